The summed E-state index contributed by atoms with van der Waals surface area (Å²) in [6.45, 7) is 13.9. The van der Waals surface area contributed by atoms with Crippen LogP contribution < -0.4 is 5.73 Å². The molecular weight excluding hydrogens is 162 g/mol. The molecule has 1 saturated heterocycles. The molecule has 1 aliphatic rings. The van der Waals surface area contributed by atoms with Gasteiger partial charge in [0, 0.05) is 12.6 Å². The van der Waals surface area contributed by atoms with Crippen molar-refractivity contribution in [3.8, 4) is 0 Å². The molecule has 13 heavy (non-hydrogen) atoms. The SMILES string of the molecule is [C-]#[N+]C[C@H](N)[C@@H]1CCN(C(C)C)C1. The van der Waals surface area contributed by atoms with Gasteiger partial charge in [0.05, 0.1) is 6.04 Å². The first kappa shape index (κ1) is 10.5. The fraction of sp³-hybridized carbons (Fsp3) is 0.900. The average Bonchev–Trinajstić information content (AvgIpc) is 2.52. The fourth-order valence-corrected chi connectivity index (χ4v) is 1.89. The summed E-state index contributed by atoms with van der Waals surface area (Å²) in [5.74, 6) is 0.538. The summed E-state index contributed by atoms with van der Waals surface area (Å²) in [6.07, 6.45) is 1.16. The molecule has 0 unspecified atom stereocenters. The monoisotopic (exact) mass is 181 g/mol. The van der Waals surface area contributed by atoms with E-state index in [0.29, 0.717) is 18.5 Å². The summed E-state index contributed by atoms with van der Waals surface area (Å²) in [7, 11) is 0. The van der Waals surface area contributed by atoms with Gasteiger partial charge in [-0.3, -0.25) is 0 Å². The minimum absolute atomic E-state index is 0.0845. The molecule has 2 N–H and O–H groups in total. The lowest BCUT2D eigenvalue weighted by Gasteiger charge is -2.21. The molecule has 0 saturated carbocycles. The Morgan fingerprint density at radius 2 is 2.31 bits per heavy atom. The highest BCUT2D eigenvalue weighted by molar-refractivity contribution is 4.87. The van der Waals surface area contributed by atoms with Crippen LogP contribution in [0.4, 0.5) is 0 Å². The van der Waals surface area contributed by atoms with Gasteiger partial charge in [0.2, 0.25) is 6.54 Å². The molecule has 0 aliphatic carbocycles. The summed E-state index contributed by atoms with van der Waals surface area (Å²) in [4.78, 5) is 5.80. The third-order valence-corrected chi connectivity index (χ3v) is 2.89. The lowest BCUT2D eigenvalue weighted by atomic mass is 10.0. The highest BCUT2D eigenvalue weighted by Crippen LogP contribution is 2.20. The number of rotatable bonds is 3. The molecule has 0 amide bonds. The summed E-state index contributed by atoms with van der Waals surface area (Å²) >= 11 is 0. The van der Waals surface area contributed by atoms with Gasteiger partial charge in [-0.15, -0.1) is 0 Å². The number of nitrogens with zero attached hydrogens (tertiary/aromatic N) is 2. The highest BCUT2D eigenvalue weighted by Gasteiger charge is 2.29. The molecule has 2 atom stereocenters. The Labute approximate surface area is 80.7 Å². The molecular formula is C10H19N3. The average molecular weight is 181 g/mol. The maximum atomic E-state index is 6.76. The summed E-state index contributed by atoms with van der Waals surface area (Å²) in [5, 5.41) is 0. The van der Waals surface area contributed by atoms with E-state index < -0.39 is 0 Å². The summed E-state index contributed by atoms with van der Waals surface area (Å²) in [6, 6.07) is 0.700. The van der Waals surface area contributed by atoms with Crippen LogP contribution in [-0.4, -0.2) is 36.6 Å². The Morgan fingerprint density at radius 3 is 2.77 bits per heavy atom. The molecule has 1 rings (SSSR count). The highest BCUT2D eigenvalue weighted by atomic mass is 15.2. The third-order valence-electron chi connectivity index (χ3n) is 2.89. The lowest BCUT2D eigenvalue weighted by Crippen LogP contribution is -2.36. The second-order valence-corrected chi connectivity index (χ2v) is 4.14. The zero-order chi connectivity index (χ0) is 9.84. The molecule has 3 nitrogen and oxygen atoms in total. The molecule has 3 heteroatoms. The predicted octanol–water partition coefficient (Wildman–Crippen LogP) is 0.963. The molecule has 0 bridgehead atoms. The smallest absolute Gasteiger partial charge is 0.229 e. The van der Waals surface area contributed by atoms with E-state index >= 15 is 0 Å². The molecule has 1 aliphatic heterocycles. The van der Waals surface area contributed by atoms with Gasteiger partial charge in [-0.25, -0.2) is 6.57 Å². The van der Waals surface area contributed by atoms with Crippen LogP contribution in [0.15, 0.2) is 0 Å². The minimum atomic E-state index is 0.0845. The Balaban J connectivity index is 2.37. The van der Waals surface area contributed by atoms with Crippen LogP contribution in [0.25, 0.3) is 4.85 Å². The number of nitrogens with two attached hydrogens (primary N) is 1. The standard InChI is InChI=1S/C10H19N3/c1-8(2)13-5-4-9(7-13)10(11)6-12-3/h8-10H,4-7,11H2,1-2H3/t9-,10+/m1/s1. The van der Waals surface area contributed by atoms with Crippen molar-refractivity contribution < 1.29 is 0 Å². The number of hydrogen-bond acceptors (Lipinski definition) is 2. The zero-order valence-corrected chi connectivity index (χ0v) is 8.53. The van der Waals surface area contributed by atoms with Gasteiger partial charge in [0.15, 0.2) is 0 Å². The Morgan fingerprint density at radius 1 is 1.62 bits per heavy atom. The third kappa shape index (κ3) is 2.68. The first-order valence-corrected chi connectivity index (χ1v) is 4.98. The molecule has 0 aromatic carbocycles. The largest absolute Gasteiger partial charge is 0.321 e. The molecule has 0 aromatic heterocycles. The van der Waals surface area contributed by atoms with Crippen molar-refractivity contribution in [3.63, 3.8) is 0 Å². The maximum Gasteiger partial charge on any atom is 0.229 e. The fourth-order valence-electron chi connectivity index (χ4n) is 1.89. The van der Waals surface area contributed by atoms with E-state index in [2.05, 4.69) is 23.6 Å². The van der Waals surface area contributed by atoms with E-state index in [9.17, 15) is 0 Å². The van der Waals surface area contributed by atoms with E-state index in [0.717, 1.165) is 19.5 Å². The van der Waals surface area contributed by atoms with Gasteiger partial charge in [0.25, 0.3) is 0 Å². The topological polar surface area (TPSA) is 33.6 Å². The van der Waals surface area contributed by atoms with Crippen LogP contribution in [-0.2, 0) is 0 Å². The van der Waals surface area contributed by atoms with Crippen LogP contribution in [0.2, 0.25) is 0 Å². The zero-order valence-electron chi connectivity index (χ0n) is 8.53. The van der Waals surface area contributed by atoms with Gasteiger partial charge in [-0.05, 0) is 32.7 Å². The van der Waals surface area contributed by atoms with Crippen LogP contribution in [0.1, 0.15) is 20.3 Å². The first-order valence-electron chi connectivity index (χ1n) is 4.98. The van der Waals surface area contributed by atoms with Crippen LogP contribution in [0.5, 0.6) is 0 Å². The molecule has 0 radical (unpaired) electrons. The van der Waals surface area contributed by atoms with Crippen LogP contribution in [0, 0.1) is 12.5 Å². The van der Waals surface area contributed by atoms with Crippen molar-refractivity contribution >= 4 is 0 Å². The molecule has 1 fully saturated rings. The summed E-state index contributed by atoms with van der Waals surface area (Å²) < 4.78 is 0. The van der Waals surface area contributed by atoms with Crippen LogP contribution >= 0.6 is 0 Å². The summed E-state index contributed by atoms with van der Waals surface area (Å²) in [5.41, 5.74) is 5.91. The lowest BCUT2D eigenvalue weighted by molar-refractivity contribution is 0.260. The first-order chi connectivity index (χ1) is 6.15. The second kappa shape index (κ2) is 4.59. The van der Waals surface area contributed by atoms with E-state index in [1.54, 1.807) is 0 Å². The van der Waals surface area contributed by atoms with Gasteiger partial charge >= 0.3 is 0 Å². The van der Waals surface area contributed by atoms with Crippen molar-refractivity contribution in [2.45, 2.75) is 32.4 Å². The predicted molar refractivity (Wildman–Crippen MR) is 54.3 cm³/mol. The van der Waals surface area contributed by atoms with Crippen molar-refractivity contribution in [2.24, 2.45) is 11.7 Å². The van der Waals surface area contributed by atoms with Gasteiger partial charge in [-0.2, -0.15) is 0 Å². The maximum absolute atomic E-state index is 6.76. The van der Waals surface area contributed by atoms with E-state index in [4.69, 9.17) is 12.3 Å². The number of likely N-dealkylation sites (tertiary alicyclic amines) is 1. The van der Waals surface area contributed by atoms with Crippen molar-refractivity contribution in [1.82, 2.24) is 4.90 Å². The quantitative estimate of drug-likeness (QED) is 0.658. The Kier molecular flexibility index (Phi) is 3.71. The van der Waals surface area contributed by atoms with Crippen molar-refractivity contribution in [3.05, 3.63) is 11.4 Å². The van der Waals surface area contributed by atoms with E-state index in [1.165, 1.54) is 0 Å². The van der Waals surface area contributed by atoms with Gasteiger partial charge < -0.3 is 15.5 Å². The Hall–Kier alpha value is -0.590. The minimum Gasteiger partial charge on any atom is -0.321 e. The van der Waals surface area contributed by atoms with Gasteiger partial charge in [-0.1, -0.05) is 0 Å². The second-order valence-electron chi connectivity index (χ2n) is 4.14. The molecule has 74 valence electrons. The number of hydrogen-bond donors (Lipinski definition) is 1. The van der Waals surface area contributed by atoms with Crippen molar-refractivity contribution in [2.75, 3.05) is 19.6 Å². The molecule has 0 spiro atoms. The molecule has 0 aromatic rings. The molecule has 1 heterocycles. The normalized spacial score (nSPS) is 26.2. The van der Waals surface area contributed by atoms with Crippen LogP contribution in [0.3, 0.4) is 0 Å². The van der Waals surface area contributed by atoms with Crippen molar-refractivity contribution in [1.29, 1.82) is 0 Å². The van der Waals surface area contributed by atoms with E-state index in [-0.39, 0.29) is 6.04 Å². The van der Waals surface area contributed by atoms with E-state index in [1.807, 2.05) is 0 Å². The Bertz CT molecular complexity index is 195. The van der Waals surface area contributed by atoms with Gasteiger partial charge in [0.1, 0.15) is 0 Å².